The maximum absolute atomic E-state index is 12.6. The number of rotatable bonds is 6. The summed E-state index contributed by atoms with van der Waals surface area (Å²) >= 11 is 0. The van der Waals surface area contributed by atoms with Crippen molar-refractivity contribution >= 4 is 11.8 Å². The Balaban J connectivity index is 1.95. The van der Waals surface area contributed by atoms with E-state index in [1.807, 2.05) is 9.80 Å². The number of carbonyl (C=O) groups is 2. The Hall–Kier alpha value is -1.06. The summed E-state index contributed by atoms with van der Waals surface area (Å²) in [4.78, 5) is 28.7. The molecule has 0 aromatic carbocycles. The summed E-state index contributed by atoms with van der Waals surface area (Å²) in [5.41, 5.74) is 0. The molecule has 0 N–H and O–H groups in total. The minimum Gasteiger partial charge on any atom is -0.342 e. The lowest BCUT2D eigenvalue weighted by atomic mass is 10.1. The van der Waals surface area contributed by atoms with Gasteiger partial charge in [0.1, 0.15) is 0 Å². The molecule has 1 aliphatic carbocycles. The van der Waals surface area contributed by atoms with Crippen LogP contribution in [0.1, 0.15) is 58.8 Å². The van der Waals surface area contributed by atoms with Gasteiger partial charge in [-0.15, -0.1) is 0 Å². The monoisotopic (exact) mass is 280 g/mol. The summed E-state index contributed by atoms with van der Waals surface area (Å²) in [7, 11) is 0. The van der Waals surface area contributed by atoms with Crippen molar-refractivity contribution in [2.75, 3.05) is 19.6 Å². The van der Waals surface area contributed by atoms with E-state index in [1.54, 1.807) is 0 Å². The van der Waals surface area contributed by atoms with Gasteiger partial charge >= 0.3 is 0 Å². The summed E-state index contributed by atoms with van der Waals surface area (Å²) in [6.07, 6.45) is 7.10. The van der Waals surface area contributed by atoms with Gasteiger partial charge in [0, 0.05) is 32.1 Å². The predicted octanol–water partition coefficient (Wildman–Crippen LogP) is 2.43. The van der Waals surface area contributed by atoms with Gasteiger partial charge in [-0.1, -0.05) is 26.7 Å². The van der Waals surface area contributed by atoms with Crippen LogP contribution in [0.5, 0.6) is 0 Å². The third-order valence-corrected chi connectivity index (χ3v) is 4.57. The Morgan fingerprint density at radius 1 is 1.20 bits per heavy atom. The van der Waals surface area contributed by atoms with Gasteiger partial charge < -0.3 is 9.80 Å². The van der Waals surface area contributed by atoms with Crippen molar-refractivity contribution in [3.8, 4) is 0 Å². The number of likely N-dealkylation sites (tertiary alicyclic amines) is 1. The Bertz CT molecular complexity index is 344. The van der Waals surface area contributed by atoms with Crippen LogP contribution >= 0.6 is 0 Å². The third-order valence-electron chi connectivity index (χ3n) is 4.57. The van der Waals surface area contributed by atoms with Crippen LogP contribution in [0.3, 0.4) is 0 Å². The van der Waals surface area contributed by atoms with E-state index < -0.39 is 0 Å². The highest BCUT2D eigenvalue weighted by atomic mass is 16.2. The highest BCUT2D eigenvalue weighted by molar-refractivity contribution is 5.89. The predicted molar refractivity (Wildman–Crippen MR) is 79.2 cm³/mol. The van der Waals surface area contributed by atoms with E-state index >= 15 is 0 Å². The molecule has 2 amide bonds. The first-order valence-corrected chi connectivity index (χ1v) is 8.25. The molecule has 0 radical (unpaired) electrons. The molecule has 1 unspecified atom stereocenters. The zero-order chi connectivity index (χ0) is 14.5. The molecule has 114 valence electrons. The second-order valence-corrected chi connectivity index (χ2v) is 6.21. The number of amides is 2. The van der Waals surface area contributed by atoms with Gasteiger partial charge in [0.2, 0.25) is 11.8 Å². The third kappa shape index (κ3) is 3.33. The van der Waals surface area contributed by atoms with E-state index in [2.05, 4.69) is 13.8 Å². The normalized spacial score (nSPS) is 23.6. The minimum absolute atomic E-state index is 0.0961. The molecule has 20 heavy (non-hydrogen) atoms. The van der Waals surface area contributed by atoms with Crippen molar-refractivity contribution in [2.45, 2.75) is 64.8 Å². The second-order valence-electron chi connectivity index (χ2n) is 6.21. The summed E-state index contributed by atoms with van der Waals surface area (Å²) in [5, 5.41) is 0. The number of hydrogen-bond acceptors (Lipinski definition) is 2. The standard InChI is InChI=1S/C16H28N2O2/c1-3-9-17(10-4-2)16(20)13-11-15(19)18(12-13)14-7-5-6-8-14/h13-14H,3-12H2,1-2H3. The summed E-state index contributed by atoms with van der Waals surface area (Å²) in [6, 6.07) is 0.408. The molecular weight excluding hydrogens is 252 g/mol. The number of nitrogens with zero attached hydrogens (tertiary/aromatic N) is 2. The molecule has 0 bridgehead atoms. The molecule has 0 aromatic rings. The summed E-state index contributed by atoms with van der Waals surface area (Å²) < 4.78 is 0. The first-order valence-electron chi connectivity index (χ1n) is 8.25. The fraction of sp³-hybridized carbons (Fsp3) is 0.875. The fourth-order valence-electron chi connectivity index (χ4n) is 3.60. The van der Waals surface area contributed by atoms with E-state index in [1.165, 1.54) is 12.8 Å². The Morgan fingerprint density at radius 3 is 2.35 bits per heavy atom. The van der Waals surface area contributed by atoms with E-state index in [0.29, 0.717) is 19.0 Å². The first-order chi connectivity index (χ1) is 9.67. The number of hydrogen-bond donors (Lipinski definition) is 0. The molecular formula is C16H28N2O2. The van der Waals surface area contributed by atoms with Crippen LogP contribution in [-0.2, 0) is 9.59 Å². The SMILES string of the molecule is CCCN(CCC)C(=O)C1CC(=O)N(C2CCCC2)C1. The van der Waals surface area contributed by atoms with Gasteiger partial charge in [0.25, 0.3) is 0 Å². The Kier molecular flexibility index (Phi) is 5.44. The topological polar surface area (TPSA) is 40.6 Å². The maximum Gasteiger partial charge on any atom is 0.227 e. The molecule has 2 fully saturated rings. The van der Waals surface area contributed by atoms with Crippen LogP contribution < -0.4 is 0 Å². The van der Waals surface area contributed by atoms with Crippen molar-refractivity contribution in [2.24, 2.45) is 5.92 Å². The van der Waals surface area contributed by atoms with Gasteiger partial charge in [-0.3, -0.25) is 9.59 Å². The molecule has 4 nitrogen and oxygen atoms in total. The van der Waals surface area contributed by atoms with Crippen LogP contribution in [0.25, 0.3) is 0 Å². The molecule has 0 aromatic heterocycles. The molecule has 1 saturated carbocycles. The van der Waals surface area contributed by atoms with Crippen LogP contribution in [-0.4, -0.2) is 47.3 Å². The average molecular weight is 280 g/mol. The van der Waals surface area contributed by atoms with Gasteiger partial charge in [-0.05, 0) is 25.7 Å². The van der Waals surface area contributed by atoms with Crippen molar-refractivity contribution in [3.05, 3.63) is 0 Å². The molecule has 1 saturated heterocycles. The van der Waals surface area contributed by atoms with Crippen molar-refractivity contribution < 1.29 is 9.59 Å². The van der Waals surface area contributed by atoms with Crippen LogP contribution in [0.15, 0.2) is 0 Å². The van der Waals surface area contributed by atoms with E-state index in [9.17, 15) is 9.59 Å². The fourth-order valence-corrected chi connectivity index (χ4v) is 3.60. The van der Waals surface area contributed by atoms with E-state index in [4.69, 9.17) is 0 Å². The molecule has 2 aliphatic rings. The lowest BCUT2D eigenvalue weighted by Crippen LogP contribution is -2.39. The van der Waals surface area contributed by atoms with Crippen LogP contribution in [0.4, 0.5) is 0 Å². The van der Waals surface area contributed by atoms with E-state index in [-0.39, 0.29) is 17.7 Å². The average Bonchev–Trinajstić information content (AvgIpc) is 3.06. The van der Waals surface area contributed by atoms with Crippen LogP contribution in [0.2, 0.25) is 0 Å². The zero-order valence-electron chi connectivity index (χ0n) is 12.9. The van der Waals surface area contributed by atoms with Gasteiger partial charge in [-0.2, -0.15) is 0 Å². The second kappa shape index (κ2) is 7.09. The Morgan fingerprint density at radius 2 is 1.80 bits per heavy atom. The molecule has 1 atom stereocenters. The van der Waals surface area contributed by atoms with Gasteiger partial charge in [-0.25, -0.2) is 0 Å². The molecule has 2 rings (SSSR count). The minimum atomic E-state index is -0.0961. The van der Waals surface area contributed by atoms with Gasteiger partial charge in [0.05, 0.1) is 5.92 Å². The number of carbonyl (C=O) groups excluding carboxylic acids is 2. The smallest absolute Gasteiger partial charge is 0.227 e. The summed E-state index contributed by atoms with van der Waals surface area (Å²) in [5.74, 6) is 0.298. The molecule has 1 aliphatic heterocycles. The molecule has 1 heterocycles. The highest BCUT2D eigenvalue weighted by Gasteiger charge is 2.39. The lowest BCUT2D eigenvalue weighted by Gasteiger charge is -2.26. The van der Waals surface area contributed by atoms with Crippen LogP contribution in [0, 0.1) is 5.92 Å². The molecule has 0 spiro atoms. The lowest BCUT2D eigenvalue weighted by molar-refractivity contribution is -0.136. The summed E-state index contributed by atoms with van der Waals surface area (Å²) in [6.45, 7) is 6.50. The van der Waals surface area contributed by atoms with Crippen molar-refractivity contribution in [1.82, 2.24) is 9.80 Å². The van der Waals surface area contributed by atoms with Gasteiger partial charge in [0.15, 0.2) is 0 Å². The molecule has 4 heteroatoms. The Labute approximate surface area is 122 Å². The largest absolute Gasteiger partial charge is 0.342 e. The maximum atomic E-state index is 12.6. The van der Waals surface area contributed by atoms with Crippen molar-refractivity contribution in [3.63, 3.8) is 0 Å². The highest BCUT2D eigenvalue weighted by Crippen LogP contribution is 2.30. The zero-order valence-corrected chi connectivity index (χ0v) is 12.9. The van der Waals surface area contributed by atoms with Crippen molar-refractivity contribution in [1.29, 1.82) is 0 Å². The van der Waals surface area contributed by atoms with E-state index in [0.717, 1.165) is 38.8 Å². The first kappa shape index (κ1) is 15.3. The quantitative estimate of drug-likeness (QED) is 0.749.